The van der Waals surface area contributed by atoms with E-state index in [1.54, 1.807) is 16.7 Å². The zero-order chi connectivity index (χ0) is 27.6. The number of H-pyrrole nitrogens is 1. The molecule has 6 rings (SSSR count). The highest BCUT2D eigenvalue weighted by atomic mass is 16.3. The second-order valence-corrected chi connectivity index (χ2v) is 11.2. The first-order valence-electron chi connectivity index (χ1n) is 13.3. The van der Waals surface area contributed by atoms with Gasteiger partial charge in [0.2, 0.25) is 0 Å². The molecule has 1 amide bonds. The predicted molar refractivity (Wildman–Crippen MR) is 154 cm³/mol. The summed E-state index contributed by atoms with van der Waals surface area (Å²) in [6.07, 6.45) is 2.33. The van der Waals surface area contributed by atoms with E-state index in [2.05, 4.69) is 4.98 Å². The molecule has 2 heterocycles. The van der Waals surface area contributed by atoms with Crippen LogP contribution in [-0.2, 0) is 12.8 Å². The Morgan fingerprint density at radius 2 is 1.85 bits per heavy atom. The topological polar surface area (TPSA) is 114 Å². The normalized spacial score (nSPS) is 15.6. The zero-order valence-electron chi connectivity index (χ0n) is 22.6. The molecular formula is C32H32N4O3. The summed E-state index contributed by atoms with van der Waals surface area (Å²) in [6.45, 7) is 7.57. The molecule has 3 aromatic carbocycles. The SMILES string of the molecule is Cc1c(-c2ccc(C(N)=O)c3[nH]c4c(c23)CCC(C(C)(C)O)C4)cccc1-n1c(C)nc2ccccc2c1=O. The minimum atomic E-state index is -0.797. The summed E-state index contributed by atoms with van der Waals surface area (Å²) in [6, 6.07) is 17.1. The van der Waals surface area contributed by atoms with Gasteiger partial charge in [-0.2, -0.15) is 0 Å². The van der Waals surface area contributed by atoms with Gasteiger partial charge in [0.15, 0.2) is 0 Å². The Balaban J connectivity index is 1.59. The minimum absolute atomic E-state index is 0.107. The van der Waals surface area contributed by atoms with Gasteiger partial charge in [0.25, 0.3) is 11.5 Å². The van der Waals surface area contributed by atoms with Gasteiger partial charge in [-0.05, 0) is 99.4 Å². The van der Waals surface area contributed by atoms with E-state index >= 15 is 0 Å². The summed E-state index contributed by atoms with van der Waals surface area (Å²) < 4.78 is 1.68. The van der Waals surface area contributed by atoms with Crippen molar-refractivity contribution in [1.29, 1.82) is 0 Å². The van der Waals surface area contributed by atoms with Crippen molar-refractivity contribution in [2.75, 3.05) is 0 Å². The lowest BCUT2D eigenvalue weighted by atomic mass is 9.77. The average molecular weight is 521 g/mol. The molecule has 0 spiro atoms. The molecule has 1 aliphatic carbocycles. The molecule has 198 valence electrons. The molecule has 1 atom stereocenters. The van der Waals surface area contributed by atoms with Crippen molar-refractivity contribution in [2.45, 2.75) is 52.6 Å². The third kappa shape index (κ3) is 3.96. The van der Waals surface area contributed by atoms with E-state index in [0.717, 1.165) is 57.4 Å². The van der Waals surface area contributed by atoms with Crippen molar-refractivity contribution >= 4 is 27.7 Å². The molecule has 39 heavy (non-hydrogen) atoms. The Morgan fingerprint density at radius 3 is 2.59 bits per heavy atom. The van der Waals surface area contributed by atoms with Crippen molar-refractivity contribution in [3.63, 3.8) is 0 Å². The van der Waals surface area contributed by atoms with E-state index in [1.165, 1.54) is 0 Å². The number of fused-ring (bicyclic) bond motifs is 4. The fraction of sp³-hybridized carbons (Fsp3) is 0.281. The molecule has 0 radical (unpaired) electrons. The van der Waals surface area contributed by atoms with Crippen molar-refractivity contribution in [1.82, 2.24) is 14.5 Å². The predicted octanol–water partition coefficient (Wildman–Crippen LogP) is 5.13. The molecule has 0 aliphatic heterocycles. The van der Waals surface area contributed by atoms with Crippen LogP contribution >= 0.6 is 0 Å². The van der Waals surface area contributed by atoms with E-state index in [1.807, 2.05) is 70.2 Å². The van der Waals surface area contributed by atoms with Crippen LogP contribution in [0.5, 0.6) is 0 Å². The van der Waals surface area contributed by atoms with Crippen LogP contribution in [0.25, 0.3) is 38.6 Å². The number of primary amides is 1. The van der Waals surface area contributed by atoms with Gasteiger partial charge in [-0.3, -0.25) is 14.2 Å². The number of amides is 1. The number of hydrogen-bond donors (Lipinski definition) is 3. The molecule has 2 aromatic heterocycles. The minimum Gasteiger partial charge on any atom is -0.390 e. The average Bonchev–Trinajstić information content (AvgIpc) is 3.27. The molecule has 7 nitrogen and oxygen atoms in total. The number of nitrogens with two attached hydrogens (primary N) is 1. The fourth-order valence-corrected chi connectivity index (χ4v) is 6.26. The Kier molecular flexibility index (Phi) is 5.73. The summed E-state index contributed by atoms with van der Waals surface area (Å²) in [5, 5.41) is 12.2. The maximum absolute atomic E-state index is 13.6. The first-order chi connectivity index (χ1) is 18.6. The Hall–Kier alpha value is -4.23. The molecular weight excluding hydrogens is 488 g/mol. The molecule has 0 bridgehead atoms. The van der Waals surface area contributed by atoms with Crippen molar-refractivity contribution in [3.8, 4) is 16.8 Å². The molecule has 1 unspecified atom stereocenters. The van der Waals surface area contributed by atoms with E-state index < -0.39 is 11.5 Å². The summed E-state index contributed by atoms with van der Waals surface area (Å²) in [5.74, 6) is 0.239. The lowest BCUT2D eigenvalue weighted by Gasteiger charge is -2.32. The third-order valence-electron chi connectivity index (χ3n) is 8.38. The quantitative estimate of drug-likeness (QED) is 0.305. The Labute approximate surface area is 226 Å². The molecule has 0 fully saturated rings. The molecule has 0 saturated heterocycles. The summed E-state index contributed by atoms with van der Waals surface area (Å²) in [7, 11) is 0. The number of nitrogens with one attached hydrogen (secondary N) is 1. The largest absolute Gasteiger partial charge is 0.390 e. The maximum Gasteiger partial charge on any atom is 0.265 e. The number of aromatic nitrogens is 3. The highest BCUT2D eigenvalue weighted by Gasteiger charge is 2.33. The third-order valence-corrected chi connectivity index (χ3v) is 8.38. The second-order valence-electron chi connectivity index (χ2n) is 11.2. The van der Waals surface area contributed by atoms with Crippen LogP contribution in [0.2, 0.25) is 0 Å². The monoisotopic (exact) mass is 520 g/mol. The fourth-order valence-electron chi connectivity index (χ4n) is 6.26. The van der Waals surface area contributed by atoms with Crippen molar-refractivity contribution in [3.05, 3.63) is 93.2 Å². The molecule has 0 saturated carbocycles. The summed E-state index contributed by atoms with van der Waals surface area (Å²) in [4.78, 5) is 34.2. The Bertz CT molecular complexity index is 1860. The number of rotatable bonds is 4. The number of benzene rings is 3. The van der Waals surface area contributed by atoms with Gasteiger partial charge in [0.1, 0.15) is 5.82 Å². The van der Waals surface area contributed by atoms with Crippen LogP contribution in [0.3, 0.4) is 0 Å². The van der Waals surface area contributed by atoms with E-state index in [0.29, 0.717) is 28.7 Å². The van der Waals surface area contributed by atoms with Gasteiger partial charge in [0.05, 0.1) is 33.3 Å². The number of para-hydroxylation sites is 1. The number of carbonyl (C=O) groups excluding carboxylic acids is 1. The summed E-state index contributed by atoms with van der Waals surface area (Å²) >= 11 is 0. The standard InChI is InChI=1S/C32H32N4O3/c1-17-20(9-7-11-27(17)36-18(2)34-25-10-6-5-8-23(25)31(36)38)21-14-15-24(30(33)37)29-28(21)22-13-12-19(32(3,4)39)16-26(22)35-29/h5-11,14-15,19,35,39H,12-13,16H2,1-4H3,(H2,33,37). The number of nitrogens with zero attached hydrogens (tertiary/aromatic N) is 2. The summed E-state index contributed by atoms with van der Waals surface area (Å²) in [5.41, 5.74) is 12.6. The van der Waals surface area contributed by atoms with Gasteiger partial charge < -0.3 is 15.8 Å². The van der Waals surface area contributed by atoms with Gasteiger partial charge in [-0.25, -0.2) is 4.98 Å². The van der Waals surface area contributed by atoms with Crippen LogP contribution in [0.4, 0.5) is 0 Å². The van der Waals surface area contributed by atoms with Crippen molar-refractivity contribution in [2.24, 2.45) is 11.7 Å². The number of carbonyl (C=O) groups is 1. The molecule has 7 heteroatoms. The van der Waals surface area contributed by atoms with Gasteiger partial charge in [0, 0.05) is 11.1 Å². The van der Waals surface area contributed by atoms with E-state index in [9.17, 15) is 14.7 Å². The van der Waals surface area contributed by atoms with Crippen LogP contribution < -0.4 is 11.3 Å². The smallest absolute Gasteiger partial charge is 0.265 e. The first kappa shape index (κ1) is 25.1. The van der Waals surface area contributed by atoms with Gasteiger partial charge >= 0.3 is 0 Å². The van der Waals surface area contributed by atoms with Crippen LogP contribution in [0.15, 0.2) is 59.4 Å². The molecule has 1 aliphatic rings. The second kappa shape index (κ2) is 8.92. The maximum atomic E-state index is 13.6. The number of hydrogen-bond acceptors (Lipinski definition) is 4. The number of aliphatic hydroxyl groups is 1. The molecule has 4 N–H and O–H groups in total. The lowest BCUT2D eigenvalue weighted by molar-refractivity contribution is 0.0107. The number of aromatic amines is 1. The van der Waals surface area contributed by atoms with Gasteiger partial charge in [-0.1, -0.05) is 30.3 Å². The van der Waals surface area contributed by atoms with Gasteiger partial charge in [-0.15, -0.1) is 0 Å². The highest BCUT2D eigenvalue weighted by Crippen LogP contribution is 2.42. The van der Waals surface area contributed by atoms with Crippen LogP contribution in [-0.4, -0.2) is 31.1 Å². The number of aryl methyl sites for hydroxylation is 2. The highest BCUT2D eigenvalue weighted by molar-refractivity contribution is 6.11. The Morgan fingerprint density at radius 1 is 1.08 bits per heavy atom. The van der Waals surface area contributed by atoms with Crippen LogP contribution in [0.1, 0.15) is 53.3 Å². The molecule has 5 aromatic rings. The first-order valence-corrected chi connectivity index (χ1v) is 13.3. The lowest BCUT2D eigenvalue weighted by Crippen LogP contribution is -2.34. The van der Waals surface area contributed by atoms with Crippen molar-refractivity contribution < 1.29 is 9.90 Å². The van der Waals surface area contributed by atoms with Crippen LogP contribution in [0, 0.1) is 19.8 Å². The van der Waals surface area contributed by atoms with E-state index in [4.69, 9.17) is 10.7 Å². The zero-order valence-corrected chi connectivity index (χ0v) is 22.6. The van der Waals surface area contributed by atoms with E-state index in [-0.39, 0.29) is 11.5 Å².